The zero-order valence-corrected chi connectivity index (χ0v) is 17.2. The zero-order valence-electron chi connectivity index (χ0n) is 16.5. The van der Waals surface area contributed by atoms with Crippen molar-refractivity contribution in [2.45, 2.75) is 33.7 Å². The summed E-state index contributed by atoms with van der Waals surface area (Å²) in [5.41, 5.74) is 3.13. The van der Waals surface area contributed by atoms with Crippen LogP contribution in [-0.2, 0) is 13.0 Å². The number of rotatable bonds is 6. The van der Waals surface area contributed by atoms with E-state index >= 15 is 0 Å². The molecule has 0 radical (unpaired) electrons. The minimum absolute atomic E-state index is 0.353. The highest BCUT2D eigenvalue weighted by Crippen LogP contribution is 2.30. The fraction of sp³-hybridized carbons (Fsp3) is 0.318. The summed E-state index contributed by atoms with van der Waals surface area (Å²) in [5.74, 6) is 0.353. The molecule has 0 amide bonds. The second kappa shape index (κ2) is 8.67. The second-order valence-corrected chi connectivity index (χ2v) is 7.18. The SMILES string of the molecule is CCc1cc(N=c2ccn(O)c3cc(Cl)ccc23)cc(CN(CC)CC)c1O. The molecule has 0 bridgehead atoms. The van der Waals surface area contributed by atoms with Crippen molar-refractivity contribution >= 4 is 28.2 Å². The summed E-state index contributed by atoms with van der Waals surface area (Å²) in [6, 6.07) is 11.0. The van der Waals surface area contributed by atoms with E-state index in [4.69, 9.17) is 16.6 Å². The van der Waals surface area contributed by atoms with Crippen molar-refractivity contribution in [2.24, 2.45) is 4.99 Å². The predicted molar refractivity (Wildman–Crippen MR) is 113 cm³/mol. The van der Waals surface area contributed by atoms with Gasteiger partial charge in [-0.2, -0.15) is 4.73 Å². The summed E-state index contributed by atoms with van der Waals surface area (Å²) >= 11 is 6.07. The number of pyridine rings is 1. The van der Waals surface area contributed by atoms with Crippen molar-refractivity contribution in [2.75, 3.05) is 13.1 Å². The predicted octanol–water partition coefficient (Wildman–Crippen LogP) is 4.87. The van der Waals surface area contributed by atoms with Gasteiger partial charge < -0.3 is 10.3 Å². The Hall–Kier alpha value is -2.50. The first-order valence-electron chi connectivity index (χ1n) is 9.58. The number of nitrogens with zero attached hydrogens (tertiary/aromatic N) is 3. The van der Waals surface area contributed by atoms with Crippen LogP contribution in [0.5, 0.6) is 5.75 Å². The summed E-state index contributed by atoms with van der Waals surface area (Å²) in [5, 5.41) is 22.8. The van der Waals surface area contributed by atoms with Crippen molar-refractivity contribution in [1.82, 2.24) is 9.63 Å². The van der Waals surface area contributed by atoms with Crippen LogP contribution in [0.3, 0.4) is 0 Å². The quantitative estimate of drug-likeness (QED) is 0.581. The average molecular weight is 400 g/mol. The van der Waals surface area contributed by atoms with E-state index in [9.17, 15) is 10.3 Å². The maximum Gasteiger partial charge on any atom is 0.123 e. The lowest BCUT2D eigenvalue weighted by atomic mass is 10.0. The first-order valence-corrected chi connectivity index (χ1v) is 9.96. The van der Waals surface area contributed by atoms with Gasteiger partial charge in [0.05, 0.1) is 16.6 Å². The number of phenols is 1. The molecule has 1 heterocycles. The summed E-state index contributed by atoms with van der Waals surface area (Å²) in [7, 11) is 0. The second-order valence-electron chi connectivity index (χ2n) is 6.75. The molecule has 3 rings (SSSR count). The molecule has 6 heteroatoms. The Balaban J connectivity index is 2.17. The molecular formula is C22H26ClN3O2. The van der Waals surface area contributed by atoms with Crippen molar-refractivity contribution in [3.05, 3.63) is 64.1 Å². The molecule has 0 aliphatic rings. The lowest BCUT2D eigenvalue weighted by Gasteiger charge is -2.20. The number of benzene rings is 2. The lowest BCUT2D eigenvalue weighted by Crippen LogP contribution is -2.22. The van der Waals surface area contributed by atoms with Gasteiger partial charge in [-0.3, -0.25) is 4.90 Å². The van der Waals surface area contributed by atoms with Crippen LogP contribution in [0.1, 0.15) is 31.9 Å². The van der Waals surface area contributed by atoms with Gasteiger partial charge in [0.15, 0.2) is 0 Å². The summed E-state index contributed by atoms with van der Waals surface area (Å²) < 4.78 is 1.04. The van der Waals surface area contributed by atoms with Gasteiger partial charge in [0.1, 0.15) is 5.75 Å². The smallest absolute Gasteiger partial charge is 0.123 e. The minimum atomic E-state index is 0.353. The van der Waals surface area contributed by atoms with Crippen molar-refractivity contribution < 1.29 is 10.3 Å². The Morgan fingerprint density at radius 1 is 1.04 bits per heavy atom. The Morgan fingerprint density at radius 2 is 1.75 bits per heavy atom. The number of aromatic nitrogens is 1. The maximum absolute atomic E-state index is 10.6. The van der Waals surface area contributed by atoms with Crippen LogP contribution in [0.2, 0.25) is 5.02 Å². The highest BCUT2D eigenvalue weighted by atomic mass is 35.5. The van der Waals surface area contributed by atoms with E-state index in [0.29, 0.717) is 22.8 Å². The molecule has 0 unspecified atom stereocenters. The monoisotopic (exact) mass is 399 g/mol. The number of fused-ring (bicyclic) bond motifs is 1. The molecule has 1 aromatic heterocycles. The van der Waals surface area contributed by atoms with Gasteiger partial charge in [0, 0.05) is 28.7 Å². The molecule has 0 atom stereocenters. The summed E-state index contributed by atoms with van der Waals surface area (Å²) in [4.78, 5) is 7.07. The number of phenolic OH excluding ortho intramolecular Hbond substituents is 1. The third kappa shape index (κ3) is 4.16. The number of aromatic hydroxyl groups is 1. The van der Waals surface area contributed by atoms with Crippen LogP contribution >= 0.6 is 11.6 Å². The molecule has 0 fully saturated rings. The van der Waals surface area contributed by atoms with Crippen LogP contribution < -0.4 is 5.36 Å². The molecule has 28 heavy (non-hydrogen) atoms. The van der Waals surface area contributed by atoms with E-state index in [-0.39, 0.29) is 0 Å². The van der Waals surface area contributed by atoms with Crippen molar-refractivity contribution in [3.63, 3.8) is 0 Å². The van der Waals surface area contributed by atoms with E-state index in [2.05, 4.69) is 18.7 Å². The fourth-order valence-corrected chi connectivity index (χ4v) is 3.51. The Labute approximate surface area is 170 Å². The first kappa shape index (κ1) is 20.2. The number of hydrogen-bond acceptors (Lipinski definition) is 4. The van der Waals surface area contributed by atoms with Gasteiger partial charge in [-0.15, -0.1) is 0 Å². The number of hydrogen-bond donors (Lipinski definition) is 2. The van der Waals surface area contributed by atoms with Crippen molar-refractivity contribution in [3.8, 4) is 5.75 Å². The van der Waals surface area contributed by atoms with Gasteiger partial charge in [-0.25, -0.2) is 4.99 Å². The van der Waals surface area contributed by atoms with E-state index in [1.807, 2.05) is 25.1 Å². The topological polar surface area (TPSA) is 61.0 Å². The van der Waals surface area contributed by atoms with Gasteiger partial charge in [-0.05, 0) is 61.5 Å². The van der Waals surface area contributed by atoms with Crippen LogP contribution in [-0.4, -0.2) is 33.0 Å². The standard InChI is InChI=1S/C22H26ClN3O2/c1-4-15-11-18(12-16(22(15)27)14-25(5-2)6-3)24-20-9-10-26(28)21-13-17(23)7-8-19(20)21/h7-13,27-28H,4-6,14H2,1-3H3. The molecule has 0 aliphatic carbocycles. The zero-order chi connectivity index (χ0) is 20.3. The van der Waals surface area contributed by atoms with E-state index in [1.54, 1.807) is 24.4 Å². The van der Waals surface area contributed by atoms with E-state index in [0.717, 1.165) is 51.8 Å². The van der Waals surface area contributed by atoms with Gasteiger partial charge in [-0.1, -0.05) is 32.4 Å². The van der Waals surface area contributed by atoms with Gasteiger partial charge >= 0.3 is 0 Å². The maximum atomic E-state index is 10.6. The highest BCUT2D eigenvalue weighted by molar-refractivity contribution is 6.31. The highest BCUT2D eigenvalue weighted by Gasteiger charge is 2.12. The normalized spacial score (nSPS) is 12.2. The van der Waals surface area contributed by atoms with Gasteiger partial charge in [0.2, 0.25) is 0 Å². The molecule has 0 spiro atoms. The molecule has 148 valence electrons. The first-order chi connectivity index (χ1) is 13.5. The van der Waals surface area contributed by atoms with Gasteiger partial charge in [0.25, 0.3) is 0 Å². The van der Waals surface area contributed by atoms with Crippen molar-refractivity contribution in [1.29, 1.82) is 0 Å². The third-order valence-corrected chi connectivity index (χ3v) is 5.26. The van der Waals surface area contributed by atoms with Crippen LogP contribution in [0.25, 0.3) is 10.9 Å². The molecule has 5 nitrogen and oxygen atoms in total. The minimum Gasteiger partial charge on any atom is -0.507 e. The third-order valence-electron chi connectivity index (χ3n) is 5.03. The Bertz CT molecular complexity index is 1060. The Morgan fingerprint density at radius 3 is 2.43 bits per heavy atom. The molecule has 0 aliphatic heterocycles. The summed E-state index contributed by atoms with van der Waals surface area (Å²) in [6.45, 7) is 8.76. The lowest BCUT2D eigenvalue weighted by molar-refractivity contribution is 0.198. The van der Waals surface area contributed by atoms with Crippen LogP contribution in [0, 0.1) is 0 Å². The van der Waals surface area contributed by atoms with Crippen LogP contribution in [0.4, 0.5) is 5.69 Å². The van der Waals surface area contributed by atoms with E-state index in [1.165, 1.54) is 0 Å². The molecule has 0 saturated heterocycles. The average Bonchev–Trinajstić information content (AvgIpc) is 2.70. The fourth-order valence-electron chi connectivity index (χ4n) is 3.34. The molecular weight excluding hydrogens is 374 g/mol. The molecule has 0 saturated carbocycles. The van der Waals surface area contributed by atoms with Crippen LogP contribution in [0.15, 0.2) is 47.6 Å². The van der Waals surface area contributed by atoms with E-state index < -0.39 is 0 Å². The molecule has 2 N–H and O–H groups in total. The number of aryl methyl sites for hydroxylation is 1. The molecule has 3 aromatic rings. The Kier molecular flexibility index (Phi) is 6.27. The number of halogens is 1. The summed E-state index contributed by atoms with van der Waals surface area (Å²) in [6.07, 6.45) is 2.28. The molecule has 2 aromatic carbocycles. The largest absolute Gasteiger partial charge is 0.507 e.